The number of carboxylic acids is 1. The van der Waals surface area contributed by atoms with Crippen LogP contribution in [0.25, 0.3) is 11.1 Å². The van der Waals surface area contributed by atoms with Crippen LogP contribution >= 0.6 is 0 Å². The molecular formula is C36H41N3O4. The molecule has 3 aromatic carbocycles. The lowest BCUT2D eigenvalue weighted by atomic mass is 9.69. The van der Waals surface area contributed by atoms with Crippen LogP contribution in [0, 0.1) is 11.3 Å². The summed E-state index contributed by atoms with van der Waals surface area (Å²) in [7, 11) is 0. The first-order valence-corrected chi connectivity index (χ1v) is 15.2. The molecule has 1 spiro atoms. The van der Waals surface area contributed by atoms with Gasteiger partial charge in [-0.1, -0.05) is 87.5 Å². The number of aliphatic carboxylic acids is 1. The van der Waals surface area contributed by atoms with Crippen LogP contribution in [-0.4, -0.2) is 52.3 Å². The van der Waals surface area contributed by atoms with Crippen molar-refractivity contribution in [3.63, 3.8) is 0 Å². The highest BCUT2D eigenvalue weighted by Gasteiger charge is 2.49. The fraction of sp³-hybridized carbons (Fsp3) is 0.389. The molecule has 1 saturated carbocycles. The average molecular weight is 580 g/mol. The number of hydrogen-bond acceptors (Lipinski definition) is 4. The highest BCUT2D eigenvalue weighted by Crippen LogP contribution is 2.46. The Morgan fingerprint density at radius 1 is 0.907 bits per heavy atom. The molecule has 0 saturated heterocycles. The van der Waals surface area contributed by atoms with E-state index in [0.717, 1.165) is 47.9 Å². The van der Waals surface area contributed by atoms with Gasteiger partial charge in [-0.2, -0.15) is 0 Å². The first-order chi connectivity index (χ1) is 20.6. The number of carbonyl (C=O) groups excluding carboxylic acids is 2. The normalized spacial score (nSPS) is 20.3. The van der Waals surface area contributed by atoms with Crippen LogP contribution in [0.5, 0.6) is 0 Å². The molecule has 2 aliphatic rings. The number of rotatable bonds is 9. The Bertz CT molecular complexity index is 1480. The molecule has 0 bridgehead atoms. The molecule has 43 heavy (non-hydrogen) atoms. The zero-order valence-corrected chi connectivity index (χ0v) is 25.3. The molecule has 7 nitrogen and oxygen atoms in total. The van der Waals surface area contributed by atoms with E-state index in [1.165, 1.54) is 0 Å². The van der Waals surface area contributed by atoms with Crippen molar-refractivity contribution in [3.05, 3.63) is 95.6 Å². The maximum absolute atomic E-state index is 14.0. The molecule has 2 N–H and O–H groups in total. The van der Waals surface area contributed by atoms with Gasteiger partial charge in [0.1, 0.15) is 11.4 Å². The molecule has 224 valence electrons. The van der Waals surface area contributed by atoms with Crippen molar-refractivity contribution in [2.75, 3.05) is 13.1 Å². The summed E-state index contributed by atoms with van der Waals surface area (Å²) in [5, 5.41) is 11.4. The van der Waals surface area contributed by atoms with E-state index < -0.39 is 11.6 Å². The van der Waals surface area contributed by atoms with E-state index in [4.69, 9.17) is 10.1 Å². The Balaban J connectivity index is 1.33. The van der Waals surface area contributed by atoms with Crippen LogP contribution in [0.15, 0.2) is 83.9 Å². The Labute approximate surface area is 254 Å². The molecule has 0 radical (unpaired) electrons. The summed E-state index contributed by atoms with van der Waals surface area (Å²) in [6, 6.07) is 25.7. The third-order valence-corrected chi connectivity index (χ3v) is 9.01. The number of nitrogens with zero attached hydrogens (tertiary/aromatic N) is 2. The van der Waals surface area contributed by atoms with Crippen LogP contribution in [0.4, 0.5) is 0 Å². The van der Waals surface area contributed by atoms with Crippen molar-refractivity contribution in [2.24, 2.45) is 16.3 Å². The lowest BCUT2D eigenvalue weighted by Gasteiger charge is -2.45. The van der Waals surface area contributed by atoms with Gasteiger partial charge < -0.3 is 15.3 Å². The highest BCUT2D eigenvalue weighted by atomic mass is 16.4. The molecule has 1 aliphatic heterocycles. The zero-order valence-electron chi connectivity index (χ0n) is 25.3. The fourth-order valence-corrected chi connectivity index (χ4v) is 6.36. The average Bonchev–Trinajstić information content (AvgIpc) is 3.26. The molecule has 0 atom stereocenters. The Morgan fingerprint density at radius 3 is 2.12 bits per heavy atom. The van der Waals surface area contributed by atoms with Gasteiger partial charge in [0.2, 0.25) is 0 Å². The Morgan fingerprint density at radius 2 is 1.51 bits per heavy atom. The summed E-state index contributed by atoms with van der Waals surface area (Å²) < 4.78 is 0. The van der Waals surface area contributed by atoms with Crippen molar-refractivity contribution < 1.29 is 19.5 Å². The largest absolute Gasteiger partial charge is 0.481 e. The minimum absolute atomic E-state index is 0.0175. The van der Waals surface area contributed by atoms with Gasteiger partial charge in [-0.3, -0.25) is 19.4 Å². The van der Waals surface area contributed by atoms with E-state index in [1.807, 2.05) is 47.4 Å². The minimum Gasteiger partial charge on any atom is -0.481 e. The number of carbonyl (C=O) groups is 3. The van der Waals surface area contributed by atoms with Crippen molar-refractivity contribution in [1.29, 1.82) is 0 Å². The summed E-state index contributed by atoms with van der Waals surface area (Å²) in [5.41, 5.74) is 4.82. The summed E-state index contributed by atoms with van der Waals surface area (Å²) in [6.07, 6.45) is 4.29. The topological polar surface area (TPSA) is 99.1 Å². The van der Waals surface area contributed by atoms with Crippen molar-refractivity contribution >= 4 is 23.5 Å². The molecule has 3 aromatic rings. The van der Waals surface area contributed by atoms with E-state index in [2.05, 4.69) is 50.4 Å². The van der Waals surface area contributed by atoms with Gasteiger partial charge in [0.25, 0.3) is 11.8 Å². The van der Waals surface area contributed by atoms with Gasteiger partial charge in [-0.25, -0.2) is 0 Å². The third kappa shape index (κ3) is 6.87. The number of amides is 2. The lowest BCUT2D eigenvalue weighted by molar-refractivity contribution is -0.136. The van der Waals surface area contributed by atoms with Crippen LogP contribution in [0.2, 0.25) is 0 Å². The predicted molar refractivity (Wildman–Crippen MR) is 169 cm³/mol. The maximum atomic E-state index is 14.0. The molecule has 1 heterocycles. The second-order valence-corrected chi connectivity index (χ2v) is 12.8. The van der Waals surface area contributed by atoms with E-state index >= 15 is 0 Å². The van der Waals surface area contributed by atoms with Crippen LogP contribution in [-0.2, 0) is 16.0 Å². The first kappa shape index (κ1) is 30.2. The van der Waals surface area contributed by atoms with E-state index in [0.29, 0.717) is 30.2 Å². The second-order valence-electron chi connectivity index (χ2n) is 12.8. The quantitative estimate of drug-likeness (QED) is 0.308. The van der Waals surface area contributed by atoms with E-state index in [-0.39, 0.29) is 30.2 Å². The maximum Gasteiger partial charge on any atom is 0.305 e. The van der Waals surface area contributed by atoms with Gasteiger partial charge in [0.05, 0.1) is 6.42 Å². The Hall–Kier alpha value is -4.26. The molecule has 5 rings (SSSR count). The van der Waals surface area contributed by atoms with Gasteiger partial charge in [0.15, 0.2) is 0 Å². The summed E-state index contributed by atoms with van der Waals surface area (Å²) in [4.78, 5) is 44.3. The van der Waals surface area contributed by atoms with Crippen LogP contribution in [0.1, 0.15) is 74.4 Å². The number of aliphatic imine (C=N–C) groups is 1. The van der Waals surface area contributed by atoms with Crippen molar-refractivity contribution in [3.8, 4) is 11.1 Å². The fourth-order valence-electron chi connectivity index (χ4n) is 6.36. The number of hydrogen-bond donors (Lipinski definition) is 2. The molecule has 0 unspecified atom stereocenters. The highest BCUT2D eigenvalue weighted by molar-refractivity contribution is 6.46. The SMILES string of the molecule is CC(C)(C)C1CCC2(CC1)N=C(c1ccc(-c3ccccc3)cc1)C(=O)N2CCc1ccc(C(=O)NCCC(=O)O)cc1. The molecule has 1 aliphatic carbocycles. The second kappa shape index (κ2) is 12.5. The predicted octanol–water partition coefficient (Wildman–Crippen LogP) is 6.36. The molecule has 1 fully saturated rings. The number of nitrogens with one attached hydrogen (secondary N) is 1. The monoisotopic (exact) mass is 579 g/mol. The molecule has 7 heteroatoms. The van der Waals surface area contributed by atoms with Crippen molar-refractivity contribution in [1.82, 2.24) is 10.2 Å². The molecule has 2 amide bonds. The Kier molecular flexibility index (Phi) is 8.81. The van der Waals surface area contributed by atoms with Crippen molar-refractivity contribution in [2.45, 2.75) is 65.0 Å². The van der Waals surface area contributed by atoms with E-state index in [1.54, 1.807) is 12.1 Å². The number of benzene rings is 3. The van der Waals surface area contributed by atoms with Gasteiger partial charge >= 0.3 is 5.97 Å². The standard InChI is InChI=1S/C36H41N3O4/c1-35(2,3)30-17-21-36(22-18-30)38-32(28-15-13-27(14-16-28)26-7-5-4-6-8-26)34(43)39(36)24-20-25-9-11-29(12-10-25)33(42)37-23-19-31(40)41/h4-16,30H,17-24H2,1-3H3,(H,37,42)(H,40,41). The molecular weight excluding hydrogens is 538 g/mol. The van der Waals surface area contributed by atoms with E-state index in [9.17, 15) is 14.4 Å². The summed E-state index contributed by atoms with van der Waals surface area (Å²) >= 11 is 0. The molecule has 0 aromatic heterocycles. The van der Waals surface area contributed by atoms with Crippen LogP contribution in [0.3, 0.4) is 0 Å². The summed E-state index contributed by atoms with van der Waals surface area (Å²) in [5.74, 6) is -0.675. The zero-order chi connectivity index (χ0) is 30.6. The van der Waals surface area contributed by atoms with Gasteiger partial charge in [0, 0.05) is 24.2 Å². The first-order valence-electron chi connectivity index (χ1n) is 15.2. The lowest BCUT2D eigenvalue weighted by Crippen LogP contribution is -2.50. The van der Waals surface area contributed by atoms with Crippen LogP contribution < -0.4 is 5.32 Å². The minimum atomic E-state index is -0.951. The smallest absolute Gasteiger partial charge is 0.305 e. The van der Waals surface area contributed by atoms with Gasteiger partial charge in [-0.05, 0) is 72.3 Å². The summed E-state index contributed by atoms with van der Waals surface area (Å²) in [6.45, 7) is 7.52. The third-order valence-electron chi connectivity index (χ3n) is 9.01. The van der Waals surface area contributed by atoms with Gasteiger partial charge in [-0.15, -0.1) is 0 Å². The number of carboxylic acid groups (broad SMARTS) is 1.